The van der Waals surface area contributed by atoms with Crippen LogP contribution in [0.2, 0.25) is 0 Å². The van der Waals surface area contributed by atoms with E-state index in [1.807, 2.05) is 16.8 Å². The summed E-state index contributed by atoms with van der Waals surface area (Å²) < 4.78 is 20.7. The number of aromatic hydroxyl groups is 1. The molecule has 0 bridgehead atoms. The van der Waals surface area contributed by atoms with Crippen LogP contribution in [-0.2, 0) is 17.8 Å². The maximum absolute atomic E-state index is 13.5. The molecule has 6 nitrogen and oxygen atoms in total. The maximum atomic E-state index is 13.5. The second kappa shape index (κ2) is 7.67. The zero-order valence-electron chi connectivity index (χ0n) is 16.7. The second-order valence-corrected chi connectivity index (χ2v) is 7.32. The minimum Gasteiger partial charge on any atom is -0.508 e. The number of carbonyl (C=O) groups is 1. The van der Waals surface area contributed by atoms with Gasteiger partial charge in [0, 0.05) is 30.2 Å². The van der Waals surface area contributed by atoms with E-state index in [1.165, 1.54) is 12.1 Å². The highest BCUT2D eigenvalue weighted by Crippen LogP contribution is 2.28. The monoisotopic (exact) mass is 408 g/mol. The molecule has 0 atom stereocenters. The van der Waals surface area contributed by atoms with Gasteiger partial charge in [-0.1, -0.05) is 0 Å². The van der Waals surface area contributed by atoms with Gasteiger partial charge in [-0.15, -0.1) is 0 Å². The fraction of sp³-hybridized carbons (Fsp3) is 0.217. The van der Waals surface area contributed by atoms with E-state index in [0.29, 0.717) is 40.7 Å². The minimum atomic E-state index is -0.587. The minimum absolute atomic E-state index is 0.0490. The Hall–Kier alpha value is -3.61. The number of nitrogens with zero attached hydrogens (tertiary/aromatic N) is 1. The number of aromatic nitrogens is 1. The number of phenolic OH excluding ortho intramolecular Hbond substituents is 1. The van der Waals surface area contributed by atoms with Crippen molar-refractivity contribution in [1.82, 2.24) is 9.88 Å². The quantitative estimate of drug-likeness (QED) is 0.495. The SMILES string of the molecule is Cc1c(CC(=O)NCCn2ccc3ccc(F)cc32)c(=O)oc2c(C)c(O)ccc12. The van der Waals surface area contributed by atoms with Gasteiger partial charge in [0.05, 0.1) is 17.5 Å². The summed E-state index contributed by atoms with van der Waals surface area (Å²) in [6.45, 7) is 4.24. The van der Waals surface area contributed by atoms with E-state index in [2.05, 4.69) is 5.32 Å². The van der Waals surface area contributed by atoms with Gasteiger partial charge in [0.1, 0.15) is 17.1 Å². The van der Waals surface area contributed by atoms with Crippen molar-refractivity contribution < 1.29 is 18.7 Å². The Morgan fingerprint density at radius 1 is 1.17 bits per heavy atom. The van der Waals surface area contributed by atoms with Crippen molar-refractivity contribution in [2.45, 2.75) is 26.8 Å². The molecule has 0 aliphatic rings. The van der Waals surface area contributed by atoms with Gasteiger partial charge in [0.15, 0.2) is 0 Å². The van der Waals surface area contributed by atoms with Gasteiger partial charge >= 0.3 is 5.63 Å². The van der Waals surface area contributed by atoms with Crippen LogP contribution in [0.5, 0.6) is 5.75 Å². The van der Waals surface area contributed by atoms with Crippen molar-refractivity contribution >= 4 is 27.8 Å². The number of amides is 1. The van der Waals surface area contributed by atoms with Gasteiger partial charge in [-0.3, -0.25) is 4.79 Å². The first-order valence-corrected chi connectivity index (χ1v) is 9.61. The van der Waals surface area contributed by atoms with Crippen molar-refractivity contribution in [2.24, 2.45) is 0 Å². The van der Waals surface area contributed by atoms with E-state index in [4.69, 9.17) is 4.42 Å². The molecule has 2 aromatic heterocycles. The molecule has 4 rings (SSSR count). The lowest BCUT2D eigenvalue weighted by Crippen LogP contribution is -2.30. The number of fused-ring (bicyclic) bond motifs is 2. The van der Waals surface area contributed by atoms with Crippen molar-refractivity contribution in [2.75, 3.05) is 6.54 Å². The molecule has 30 heavy (non-hydrogen) atoms. The van der Waals surface area contributed by atoms with E-state index in [-0.39, 0.29) is 23.9 Å². The van der Waals surface area contributed by atoms with Crippen LogP contribution in [0.4, 0.5) is 4.39 Å². The first kappa shape index (κ1) is 19.7. The lowest BCUT2D eigenvalue weighted by Gasteiger charge is -2.11. The van der Waals surface area contributed by atoms with Crippen LogP contribution in [0.25, 0.3) is 21.9 Å². The van der Waals surface area contributed by atoms with Crippen LogP contribution in [0.3, 0.4) is 0 Å². The summed E-state index contributed by atoms with van der Waals surface area (Å²) >= 11 is 0. The molecule has 1 amide bonds. The third kappa shape index (κ3) is 3.54. The molecule has 2 N–H and O–H groups in total. The number of aryl methyl sites for hydroxylation is 2. The highest BCUT2D eigenvalue weighted by Gasteiger charge is 2.17. The number of carbonyl (C=O) groups excluding carboxylic acids is 1. The lowest BCUT2D eigenvalue weighted by molar-refractivity contribution is -0.120. The van der Waals surface area contributed by atoms with Gasteiger partial charge in [-0.2, -0.15) is 0 Å². The number of benzene rings is 2. The molecule has 2 aromatic carbocycles. The van der Waals surface area contributed by atoms with Gasteiger partial charge in [-0.05, 0) is 61.2 Å². The lowest BCUT2D eigenvalue weighted by atomic mass is 10.0. The average molecular weight is 408 g/mol. The Morgan fingerprint density at radius 2 is 1.97 bits per heavy atom. The molecule has 154 valence electrons. The molecule has 0 aliphatic heterocycles. The molecule has 7 heteroatoms. The Labute approximate surface area is 171 Å². The predicted molar refractivity (Wildman–Crippen MR) is 112 cm³/mol. The van der Waals surface area contributed by atoms with Crippen LogP contribution in [-0.4, -0.2) is 22.1 Å². The number of hydrogen-bond donors (Lipinski definition) is 2. The molecule has 0 saturated carbocycles. The van der Waals surface area contributed by atoms with Gasteiger partial charge in [0.2, 0.25) is 5.91 Å². The molecule has 0 spiro atoms. The molecule has 0 unspecified atom stereocenters. The fourth-order valence-corrected chi connectivity index (χ4v) is 3.67. The first-order chi connectivity index (χ1) is 14.3. The molecular formula is C23H21FN2O4. The van der Waals surface area contributed by atoms with Gasteiger partial charge in [0.25, 0.3) is 0 Å². The van der Waals surface area contributed by atoms with E-state index in [9.17, 15) is 19.1 Å². The predicted octanol–water partition coefficient (Wildman–Crippen LogP) is 3.57. The van der Waals surface area contributed by atoms with E-state index in [1.54, 1.807) is 32.0 Å². The van der Waals surface area contributed by atoms with Crippen molar-refractivity contribution in [1.29, 1.82) is 0 Å². The Bertz CT molecular complexity index is 1340. The van der Waals surface area contributed by atoms with Gasteiger partial charge < -0.3 is 19.4 Å². The Balaban J connectivity index is 1.47. The summed E-state index contributed by atoms with van der Waals surface area (Å²) in [5.41, 5.74) is 1.93. The summed E-state index contributed by atoms with van der Waals surface area (Å²) in [6, 6.07) is 9.69. The number of halogens is 1. The van der Waals surface area contributed by atoms with Crippen LogP contribution >= 0.6 is 0 Å². The van der Waals surface area contributed by atoms with Crippen LogP contribution in [0.1, 0.15) is 16.7 Å². The smallest absolute Gasteiger partial charge is 0.340 e. The summed E-state index contributed by atoms with van der Waals surface area (Å²) in [5.74, 6) is -0.565. The van der Waals surface area contributed by atoms with E-state index in [0.717, 1.165) is 10.9 Å². The van der Waals surface area contributed by atoms with Crippen LogP contribution in [0.15, 0.2) is 51.8 Å². The molecule has 0 radical (unpaired) electrons. The molecular weight excluding hydrogens is 387 g/mol. The number of rotatable bonds is 5. The van der Waals surface area contributed by atoms with Crippen molar-refractivity contribution in [3.05, 3.63) is 75.5 Å². The molecule has 0 aliphatic carbocycles. The average Bonchev–Trinajstić information content (AvgIpc) is 3.10. The second-order valence-electron chi connectivity index (χ2n) is 7.32. The van der Waals surface area contributed by atoms with Gasteiger partial charge in [-0.25, -0.2) is 9.18 Å². The first-order valence-electron chi connectivity index (χ1n) is 9.61. The molecule has 0 saturated heterocycles. The van der Waals surface area contributed by atoms with Crippen LogP contribution in [0, 0.1) is 19.7 Å². The summed E-state index contributed by atoms with van der Waals surface area (Å²) in [6.07, 6.45) is 1.74. The highest BCUT2D eigenvalue weighted by atomic mass is 19.1. The van der Waals surface area contributed by atoms with Crippen molar-refractivity contribution in [3.63, 3.8) is 0 Å². The zero-order valence-corrected chi connectivity index (χ0v) is 16.7. The topological polar surface area (TPSA) is 84.5 Å². The van der Waals surface area contributed by atoms with Crippen molar-refractivity contribution in [3.8, 4) is 5.75 Å². The summed E-state index contributed by atoms with van der Waals surface area (Å²) in [5, 5.41) is 14.2. The zero-order chi connectivity index (χ0) is 21.4. The van der Waals surface area contributed by atoms with E-state index < -0.39 is 5.63 Å². The number of phenols is 1. The number of nitrogens with one attached hydrogen (secondary N) is 1. The van der Waals surface area contributed by atoms with E-state index >= 15 is 0 Å². The molecule has 2 heterocycles. The van der Waals surface area contributed by atoms with Crippen LogP contribution < -0.4 is 10.9 Å². The third-order valence-electron chi connectivity index (χ3n) is 5.42. The summed E-state index contributed by atoms with van der Waals surface area (Å²) in [4.78, 5) is 24.8. The molecule has 4 aromatic rings. The Morgan fingerprint density at radius 3 is 2.77 bits per heavy atom. The third-order valence-corrected chi connectivity index (χ3v) is 5.42. The maximum Gasteiger partial charge on any atom is 0.340 e. The highest BCUT2D eigenvalue weighted by molar-refractivity contribution is 5.87. The normalized spacial score (nSPS) is 11.3. The number of hydrogen-bond acceptors (Lipinski definition) is 4. The molecule has 0 fully saturated rings. The largest absolute Gasteiger partial charge is 0.508 e. The standard InChI is InChI=1S/C23H21FN2O4/c1-13-17-5-6-20(27)14(2)22(17)30-23(29)18(13)12-21(28)25-8-10-26-9-7-15-3-4-16(24)11-19(15)26/h3-7,9,11,27H,8,10,12H2,1-2H3,(H,25,28). The Kier molecular flexibility index (Phi) is 5.03. The fourth-order valence-electron chi connectivity index (χ4n) is 3.67. The summed E-state index contributed by atoms with van der Waals surface area (Å²) in [7, 11) is 0.